The molecule has 0 radical (unpaired) electrons. The molecule has 0 aliphatic heterocycles. The van der Waals surface area contributed by atoms with E-state index in [0.717, 1.165) is 19.5 Å². The summed E-state index contributed by atoms with van der Waals surface area (Å²) in [7, 11) is 0. The van der Waals surface area contributed by atoms with E-state index < -0.39 is 0 Å². The summed E-state index contributed by atoms with van der Waals surface area (Å²) in [5.74, 6) is 0.360. The number of carbonyl (C=O) groups is 1. The lowest BCUT2D eigenvalue weighted by Crippen LogP contribution is -2.24. The molecule has 0 aliphatic carbocycles. The molecule has 2 aromatic rings. The third-order valence-electron chi connectivity index (χ3n) is 3.77. The molecule has 0 heterocycles. The number of Topliss-reactive ketones (excluding diaryl/α,β-unsaturated/α-hetero) is 1. The maximum absolute atomic E-state index is 11.4. The van der Waals surface area contributed by atoms with Crippen LogP contribution in [0.4, 0.5) is 5.69 Å². The Kier molecular flexibility index (Phi) is 5.16. The van der Waals surface area contributed by atoms with Crippen molar-refractivity contribution in [3.63, 3.8) is 0 Å². The van der Waals surface area contributed by atoms with Crippen LogP contribution in [0.15, 0.2) is 42.5 Å². The maximum Gasteiger partial charge on any atom is 0.132 e. The van der Waals surface area contributed by atoms with E-state index >= 15 is 0 Å². The highest BCUT2D eigenvalue weighted by Crippen LogP contribution is 2.26. The van der Waals surface area contributed by atoms with Crippen LogP contribution >= 0.6 is 0 Å². The molecular weight excluding hydrogens is 246 g/mol. The zero-order chi connectivity index (χ0) is 14.4. The Hall–Kier alpha value is -1.83. The first kappa shape index (κ1) is 14.6. The fourth-order valence-electron chi connectivity index (χ4n) is 2.58. The molecule has 0 unspecified atom stereocenters. The van der Waals surface area contributed by atoms with E-state index in [0.29, 0.717) is 18.6 Å². The lowest BCUT2D eigenvalue weighted by atomic mass is 10.1. The first-order valence-corrected chi connectivity index (χ1v) is 7.50. The molecule has 0 aliphatic rings. The van der Waals surface area contributed by atoms with Gasteiger partial charge in [-0.2, -0.15) is 0 Å². The van der Waals surface area contributed by atoms with Crippen LogP contribution in [0.2, 0.25) is 0 Å². The van der Waals surface area contributed by atoms with Crippen molar-refractivity contribution in [3.8, 4) is 0 Å². The SMILES string of the molecule is CCC(=O)CCCN(CC)c1cccc2ccccc12. The minimum absolute atomic E-state index is 0.360. The molecule has 0 fully saturated rings. The van der Waals surface area contributed by atoms with Gasteiger partial charge in [0.25, 0.3) is 0 Å². The molecule has 106 valence electrons. The Balaban J connectivity index is 2.15. The lowest BCUT2D eigenvalue weighted by molar-refractivity contribution is -0.118. The topological polar surface area (TPSA) is 20.3 Å². The molecule has 0 bridgehead atoms. The molecule has 20 heavy (non-hydrogen) atoms. The number of fused-ring (bicyclic) bond motifs is 1. The monoisotopic (exact) mass is 269 g/mol. The van der Waals surface area contributed by atoms with Crippen LogP contribution in [0.1, 0.15) is 33.1 Å². The molecule has 0 N–H and O–H groups in total. The summed E-state index contributed by atoms with van der Waals surface area (Å²) < 4.78 is 0. The summed E-state index contributed by atoms with van der Waals surface area (Å²) in [5, 5.41) is 2.56. The number of hydrogen-bond donors (Lipinski definition) is 0. The second kappa shape index (κ2) is 7.09. The van der Waals surface area contributed by atoms with Crippen molar-refractivity contribution in [2.24, 2.45) is 0 Å². The molecule has 2 aromatic carbocycles. The molecule has 0 spiro atoms. The van der Waals surface area contributed by atoms with Crippen molar-refractivity contribution in [1.82, 2.24) is 0 Å². The highest BCUT2D eigenvalue weighted by atomic mass is 16.1. The van der Waals surface area contributed by atoms with Gasteiger partial charge in [-0.05, 0) is 24.8 Å². The molecular formula is C18H23NO. The van der Waals surface area contributed by atoms with Crippen molar-refractivity contribution in [3.05, 3.63) is 42.5 Å². The normalized spacial score (nSPS) is 10.7. The van der Waals surface area contributed by atoms with Crippen LogP contribution < -0.4 is 4.90 Å². The zero-order valence-corrected chi connectivity index (χ0v) is 12.4. The highest BCUT2D eigenvalue weighted by molar-refractivity contribution is 5.94. The van der Waals surface area contributed by atoms with Crippen LogP contribution in [0.3, 0.4) is 0 Å². The number of benzene rings is 2. The summed E-state index contributed by atoms with van der Waals surface area (Å²) in [6, 6.07) is 14.9. The third kappa shape index (κ3) is 3.38. The van der Waals surface area contributed by atoms with Crippen molar-refractivity contribution in [1.29, 1.82) is 0 Å². The van der Waals surface area contributed by atoms with Crippen LogP contribution in [0.25, 0.3) is 10.8 Å². The van der Waals surface area contributed by atoms with Gasteiger partial charge in [-0.1, -0.05) is 43.3 Å². The van der Waals surface area contributed by atoms with Crippen LogP contribution in [-0.4, -0.2) is 18.9 Å². The van der Waals surface area contributed by atoms with E-state index in [-0.39, 0.29) is 0 Å². The van der Waals surface area contributed by atoms with Gasteiger partial charge in [0.05, 0.1) is 0 Å². The minimum Gasteiger partial charge on any atom is -0.371 e. The molecule has 0 atom stereocenters. The lowest BCUT2D eigenvalue weighted by Gasteiger charge is -2.24. The molecule has 0 saturated heterocycles. The molecule has 0 saturated carbocycles. The van der Waals surface area contributed by atoms with Crippen LogP contribution in [0, 0.1) is 0 Å². The van der Waals surface area contributed by atoms with Crippen molar-refractivity contribution in [2.45, 2.75) is 33.1 Å². The van der Waals surface area contributed by atoms with Gasteiger partial charge in [0.2, 0.25) is 0 Å². The summed E-state index contributed by atoms with van der Waals surface area (Å²) >= 11 is 0. The zero-order valence-electron chi connectivity index (χ0n) is 12.4. The van der Waals surface area contributed by atoms with Crippen LogP contribution in [-0.2, 0) is 4.79 Å². The van der Waals surface area contributed by atoms with Crippen LogP contribution in [0.5, 0.6) is 0 Å². The second-order valence-corrected chi connectivity index (χ2v) is 5.07. The second-order valence-electron chi connectivity index (χ2n) is 5.07. The first-order chi connectivity index (χ1) is 9.76. The average Bonchev–Trinajstić information content (AvgIpc) is 2.51. The fraction of sp³-hybridized carbons (Fsp3) is 0.389. The van der Waals surface area contributed by atoms with Crippen molar-refractivity contribution < 1.29 is 4.79 Å². The predicted molar refractivity (Wildman–Crippen MR) is 86.4 cm³/mol. The van der Waals surface area contributed by atoms with Gasteiger partial charge in [-0.25, -0.2) is 0 Å². The summed E-state index contributed by atoms with van der Waals surface area (Å²) in [6.45, 7) is 6.01. The minimum atomic E-state index is 0.360. The van der Waals surface area contributed by atoms with E-state index in [1.165, 1.54) is 16.5 Å². The number of carbonyl (C=O) groups excluding carboxylic acids is 1. The standard InChI is InChI=1S/C18H23NO/c1-3-16(20)11-8-14-19(4-2)18-13-7-10-15-9-5-6-12-17(15)18/h5-7,9-10,12-13H,3-4,8,11,14H2,1-2H3. The highest BCUT2D eigenvalue weighted by Gasteiger charge is 2.08. The molecule has 2 nitrogen and oxygen atoms in total. The van der Waals surface area contributed by atoms with Gasteiger partial charge >= 0.3 is 0 Å². The van der Waals surface area contributed by atoms with E-state index in [9.17, 15) is 4.79 Å². The van der Waals surface area contributed by atoms with E-state index in [1.54, 1.807) is 0 Å². The number of anilines is 1. The largest absolute Gasteiger partial charge is 0.371 e. The van der Waals surface area contributed by atoms with E-state index in [2.05, 4.69) is 54.3 Å². The van der Waals surface area contributed by atoms with Gasteiger partial charge in [0, 0.05) is 37.0 Å². The summed E-state index contributed by atoms with van der Waals surface area (Å²) in [4.78, 5) is 13.8. The molecule has 2 heteroatoms. The number of nitrogens with zero attached hydrogens (tertiary/aromatic N) is 1. The Labute approximate surface area is 121 Å². The quantitative estimate of drug-likeness (QED) is 0.741. The fourth-order valence-corrected chi connectivity index (χ4v) is 2.58. The Morgan fingerprint density at radius 2 is 1.80 bits per heavy atom. The smallest absolute Gasteiger partial charge is 0.132 e. The molecule has 2 rings (SSSR count). The number of ketones is 1. The number of rotatable bonds is 7. The molecule has 0 amide bonds. The third-order valence-corrected chi connectivity index (χ3v) is 3.77. The Morgan fingerprint density at radius 1 is 1.05 bits per heavy atom. The maximum atomic E-state index is 11.4. The summed E-state index contributed by atoms with van der Waals surface area (Å²) in [6.07, 6.45) is 2.28. The van der Waals surface area contributed by atoms with Crippen molar-refractivity contribution in [2.75, 3.05) is 18.0 Å². The van der Waals surface area contributed by atoms with E-state index in [1.807, 2.05) is 6.92 Å². The van der Waals surface area contributed by atoms with Gasteiger partial charge in [-0.3, -0.25) is 4.79 Å². The van der Waals surface area contributed by atoms with E-state index in [4.69, 9.17) is 0 Å². The van der Waals surface area contributed by atoms with Gasteiger partial charge in [-0.15, -0.1) is 0 Å². The first-order valence-electron chi connectivity index (χ1n) is 7.50. The van der Waals surface area contributed by atoms with Gasteiger partial charge in [0.15, 0.2) is 0 Å². The Bertz CT molecular complexity index is 571. The van der Waals surface area contributed by atoms with Gasteiger partial charge < -0.3 is 4.90 Å². The number of hydrogen-bond acceptors (Lipinski definition) is 2. The van der Waals surface area contributed by atoms with Crippen molar-refractivity contribution >= 4 is 22.2 Å². The summed E-state index contributed by atoms with van der Waals surface area (Å²) in [5.41, 5.74) is 1.27. The Morgan fingerprint density at radius 3 is 2.55 bits per heavy atom. The predicted octanol–water partition coefficient (Wildman–Crippen LogP) is 4.43. The molecule has 0 aromatic heterocycles. The van der Waals surface area contributed by atoms with Gasteiger partial charge in [0.1, 0.15) is 5.78 Å². The average molecular weight is 269 g/mol.